The molecule has 0 spiro atoms. The Kier molecular flexibility index (Phi) is 4.47. The van der Waals surface area contributed by atoms with Crippen LogP contribution in [0, 0.1) is 12.7 Å². The van der Waals surface area contributed by atoms with E-state index in [9.17, 15) is 13.6 Å². The van der Waals surface area contributed by atoms with Crippen LogP contribution in [0.1, 0.15) is 5.56 Å². The van der Waals surface area contributed by atoms with E-state index in [2.05, 4.69) is 0 Å². The predicted octanol–water partition coefficient (Wildman–Crippen LogP) is 4.75. The van der Waals surface area contributed by atoms with Gasteiger partial charge in [-0.1, -0.05) is 12.1 Å². The molecule has 4 aromatic rings. The number of aromatic nitrogens is 2. The van der Waals surface area contributed by atoms with Crippen LogP contribution in [0.25, 0.3) is 27.7 Å². The van der Waals surface area contributed by atoms with Crippen LogP contribution in [0.2, 0.25) is 0 Å². The summed E-state index contributed by atoms with van der Waals surface area (Å²) in [7, 11) is 1.83. The molecule has 0 saturated heterocycles. The van der Waals surface area contributed by atoms with Crippen LogP contribution >= 0.6 is 0 Å². The van der Waals surface area contributed by atoms with E-state index >= 15 is 0 Å². The summed E-state index contributed by atoms with van der Waals surface area (Å²) in [4.78, 5) is 13.2. The Hall–Kier alpha value is -3.41. The summed E-state index contributed by atoms with van der Waals surface area (Å²) in [5.74, 6) is 0.0652. The Morgan fingerprint density at radius 1 is 1.00 bits per heavy atom. The molecule has 0 saturated carbocycles. The topological polar surface area (TPSA) is 36.2 Å². The number of fused-ring (bicyclic) bond motifs is 1. The SMILES string of the molecule is Cc1cn(C)c2c(=O)n(-c3ccc(OCF)cc3)cc(-c3ccc(F)cc3)c12. The van der Waals surface area contributed by atoms with Crippen molar-refractivity contribution in [2.45, 2.75) is 6.92 Å². The smallest absolute Gasteiger partial charge is 0.279 e. The van der Waals surface area contributed by atoms with Crippen molar-refractivity contribution in [2.75, 3.05) is 6.86 Å². The van der Waals surface area contributed by atoms with Crippen molar-refractivity contribution in [3.8, 4) is 22.6 Å². The molecule has 0 aliphatic rings. The highest BCUT2D eigenvalue weighted by molar-refractivity contribution is 5.97. The van der Waals surface area contributed by atoms with Gasteiger partial charge < -0.3 is 9.30 Å². The zero-order chi connectivity index (χ0) is 19.8. The molecule has 0 amide bonds. The van der Waals surface area contributed by atoms with Gasteiger partial charge in [-0.3, -0.25) is 9.36 Å². The summed E-state index contributed by atoms with van der Waals surface area (Å²) in [6.45, 7) is 1.03. The highest BCUT2D eigenvalue weighted by atomic mass is 19.1. The molecule has 4 nitrogen and oxygen atoms in total. The van der Waals surface area contributed by atoms with Crippen LogP contribution in [-0.4, -0.2) is 16.0 Å². The van der Waals surface area contributed by atoms with Crippen molar-refractivity contribution >= 4 is 10.9 Å². The minimum absolute atomic E-state index is 0.171. The van der Waals surface area contributed by atoms with Gasteiger partial charge in [-0.25, -0.2) is 8.78 Å². The van der Waals surface area contributed by atoms with Gasteiger partial charge in [0.15, 0.2) is 0 Å². The number of halogens is 2. The maximum absolute atomic E-state index is 13.4. The van der Waals surface area contributed by atoms with Crippen molar-refractivity contribution < 1.29 is 13.5 Å². The zero-order valence-electron chi connectivity index (χ0n) is 15.4. The summed E-state index contributed by atoms with van der Waals surface area (Å²) in [6.07, 6.45) is 3.66. The van der Waals surface area contributed by atoms with Crippen LogP contribution in [-0.2, 0) is 7.05 Å². The lowest BCUT2D eigenvalue weighted by Gasteiger charge is -2.13. The van der Waals surface area contributed by atoms with Crippen LogP contribution in [0.15, 0.2) is 65.7 Å². The number of hydrogen-bond acceptors (Lipinski definition) is 2. The molecular weight excluding hydrogens is 362 g/mol. The number of hydrogen-bond donors (Lipinski definition) is 0. The van der Waals surface area contributed by atoms with Crippen molar-refractivity contribution in [1.29, 1.82) is 0 Å². The fourth-order valence-electron chi connectivity index (χ4n) is 3.55. The van der Waals surface area contributed by atoms with Crippen LogP contribution in [0.5, 0.6) is 5.75 Å². The van der Waals surface area contributed by atoms with E-state index in [4.69, 9.17) is 4.74 Å². The molecule has 2 aromatic carbocycles. The van der Waals surface area contributed by atoms with E-state index in [1.54, 1.807) is 51.7 Å². The molecule has 0 aliphatic carbocycles. The third kappa shape index (κ3) is 2.97. The van der Waals surface area contributed by atoms with Crippen molar-refractivity contribution in [3.05, 3.63) is 82.7 Å². The number of rotatable bonds is 4. The summed E-state index contributed by atoms with van der Waals surface area (Å²) < 4.78 is 33.9. The minimum atomic E-state index is -0.914. The van der Waals surface area contributed by atoms with Crippen LogP contribution in [0.3, 0.4) is 0 Å². The normalized spacial score (nSPS) is 11.1. The Morgan fingerprint density at radius 2 is 1.68 bits per heavy atom. The summed E-state index contributed by atoms with van der Waals surface area (Å²) in [5.41, 5.74) is 3.62. The van der Waals surface area contributed by atoms with Crippen LogP contribution in [0.4, 0.5) is 8.78 Å². The third-order valence-corrected chi connectivity index (χ3v) is 4.81. The number of alkyl halides is 1. The van der Waals surface area contributed by atoms with Gasteiger partial charge in [-0.2, -0.15) is 0 Å². The lowest BCUT2D eigenvalue weighted by Crippen LogP contribution is -2.20. The monoisotopic (exact) mass is 380 g/mol. The highest BCUT2D eigenvalue weighted by Crippen LogP contribution is 2.31. The number of aryl methyl sites for hydroxylation is 2. The lowest BCUT2D eigenvalue weighted by molar-refractivity contribution is 0.192. The summed E-state index contributed by atoms with van der Waals surface area (Å²) >= 11 is 0. The molecule has 4 rings (SSSR count). The van der Waals surface area contributed by atoms with Crippen LogP contribution < -0.4 is 10.3 Å². The molecule has 0 fully saturated rings. The summed E-state index contributed by atoms with van der Waals surface area (Å²) in [5, 5.41) is 0.841. The first kappa shape index (κ1) is 18.0. The molecule has 0 bridgehead atoms. The van der Waals surface area contributed by atoms with Gasteiger partial charge in [0.25, 0.3) is 5.56 Å². The Morgan fingerprint density at radius 3 is 2.32 bits per heavy atom. The molecule has 0 radical (unpaired) electrons. The second-order valence-electron chi connectivity index (χ2n) is 6.62. The first-order chi connectivity index (χ1) is 13.5. The summed E-state index contributed by atoms with van der Waals surface area (Å²) in [6, 6.07) is 12.8. The maximum Gasteiger partial charge on any atom is 0.279 e. The van der Waals surface area contributed by atoms with Gasteiger partial charge in [0.1, 0.15) is 17.1 Å². The number of benzene rings is 2. The van der Waals surface area contributed by atoms with Crippen molar-refractivity contribution in [1.82, 2.24) is 9.13 Å². The molecule has 0 aliphatic heterocycles. The number of ether oxygens (including phenoxy) is 1. The van der Waals surface area contributed by atoms with E-state index in [0.717, 1.165) is 22.1 Å². The van der Waals surface area contributed by atoms with Gasteiger partial charge >= 0.3 is 0 Å². The van der Waals surface area contributed by atoms with E-state index in [1.807, 2.05) is 20.2 Å². The maximum atomic E-state index is 13.4. The third-order valence-electron chi connectivity index (χ3n) is 4.81. The van der Waals surface area contributed by atoms with Gasteiger partial charge in [-0.05, 0) is 54.4 Å². The average molecular weight is 380 g/mol. The predicted molar refractivity (Wildman–Crippen MR) is 105 cm³/mol. The Bertz CT molecular complexity index is 1210. The highest BCUT2D eigenvalue weighted by Gasteiger charge is 2.17. The minimum Gasteiger partial charge on any atom is -0.463 e. The molecule has 6 heteroatoms. The van der Waals surface area contributed by atoms with Gasteiger partial charge in [0.05, 0.1) is 0 Å². The molecule has 0 atom stereocenters. The van der Waals surface area contributed by atoms with Gasteiger partial charge in [0, 0.05) is 36.1 Å². The molecule has 0 unspecified atom stereocenters. The van der Waals surface area contributed by atoms with Gasteiger partial charge in [-0.15, -0.1) is 0 Å². The number of nitrogens with zero attached hydrogens (tertiary/aromatic N) is 2. The Labute approximate surface area is 160 Å². The molecule has 142 valence electrons. The zero-order valence-corrected chi connectivity index (χ0v) is 15.4. The quantitative estimate of drug-likeness (QED) is 0.512. The number of pyridine rings is 1. The van der Waals surface area contributed by atoms with E-state index in [-0.39, 0.29) is 11.4 Å². The fraction of sp³-hybridized carbons (Fsp3) is 0.136. The first-order valence-electron chi connectivity index (χ1n) is 8.76. The van der Waals surface area contributed by atoms with Gasteiger partial charge in [0.2, 0.25) is 6.86 Å². The first-order valence-corrected chi connectivity index (χ1v) is 8.76. The standard InChI is InChI=1S/C22H18F2N2O2/c1-14-11-25(2)21-20(14)19(15-3-5-16(24)6-4-15)12-26(22(21)27)17-7-9-18(10-8-17)28-13-23/h3-12H,13H2,1-2H3. The second-order valence-corrected chi connectivity index (χ2v) is 6.62. The lowest BCUT2D eigenvalue weighted by atomic mass is 10.0. The molecule has 2 heterocycles. The fourth-order valence-corrected chi connectivity index (χ4v) is 3.55. The van der Waals surface area contributed by atoms with E-state index < -0.39 is 6.86 Å². The molecule has 2 aromatic heterocycles. The molecular formula is C22H18F2N2O2. The molecule has 28 heavy (non-hydrogen) atoms. The second kappa shape index (κ2) is 6.96. The average Bonchev–Trinajstić information content (AvgIpc) is 2.99. The Balaban J connectivity index is 2.00. The van der Waals surface area contributed by atoms with E-state index in [0.29, 0.717) is 17.0 Å². The largest absolute Gasteiger partial charge is 0.463 e. The molecule has 0 N–H and O–H groups in total. The van der Waals surface area contributed by atoms with Crippen molar-refractivity contribution in [3.63, 3.8) is 0 Å². The van der Waals surface area contributed by atoms with Crippen molar-refractivity contribution in [2.24, 2.45) is 7.05 Å². The van der Waals surface area contributed by atoms with E-state index in [1.165, 1.54) is 12.1 Å².